The second kappa shape index (κ2) is 9.03. The highest BCUT2D eigenvalue weighted by molar-refractivity contribution is 7.91. The molecule has 2 aromatic heterocycles. The number of pyridine rings is 2. The molecular weight excluding hydrogens is 406 g/mol. The summed E-state index contributed by atoms with van der Waals surface area (Å²) in [6.45, 7) is 0.745. The fourth-order valence-electron chi connectivity index (χ4n) is 3.06. The van der Waals surface area contributed by atoms with Crippen molar-refractivity contribution in [2.75, 3.05) is 11.9 Å². The van der Waals surface area contributed by atoms with Crippen LogP contribution in [0.2, 0.25) is 0 Å². The average molecular weight is 426 g/mol. The van der Waals surface area contributed by atoms with E-state index >= 15 is 0 Å². The molecule has 148 valence electrons. The van der Waals surface area contributed by atoms with Crippen molar-refractivity contribution in [3.05, 3.63) is 90.9 Å². The van der Waals surface area contributed by atoms with E-state index in [1.807, 2.05) is 30.3 Å². The molecule has 0 radical (unpaired) electrons. The highest BCUT2D eigenvalue weighted by atomic mass is 35.5. The third kappa shape index (κ3) is 4.55. The molecular formula is C22H20ClN3O2S. The zero-order chi connectivity index (χ0) is 19.4. The molecule has 5 nitrogen and oxygen atoms in total. The topological polar surface area (TPSA) is 72.0 Å². The molecule has 0 unspecified atom stereocenters. The SMILES string of the molecule is Cl.O=S(=O)(c1ccccc1)c1cnc2c(NCCc3ccncc3)cccc2c1. The van der Waals surface area contributed by atoms with Gasteiger partial charge >= 0.3 is 0 Å². The van der Waals surface area contributed by atoms with Crippen molar-refractivity contribution in [2.45, 2.75) is 16.2 Å². The number of sulfone groups is 1. The van der Waals surface area contributed by atoms with Gasteiger partial charge in [0, 0.05) is 30.5 Å². The third-order valence-electron chi connectivity index (χ3n) is 4.53. The lowest BCUT2D eigenvalue weighted by Gasteiger charge is -2.11. The van der Waals surface area contributed by atoms with Crippen LogP contribution in [0.4, 0.5) is 5.69 Å². The zero-order valence-electron chi connectivity index (χ0n) is 15.5. The predicted octanol–water partition coefficient (Wildman–Crippen LogP) is 4.54. The van der Waals surface area contributed by atoms with Crippen LogP contribution in [0.25, 0.3) is 10.9 Å². The monoisotopic (exact) mass is 425 g/mol. The molecule has 29 heavy (non-hydrogen) atoms. The largest absolute Gasteiger partial charge is 0.383 e. The van der Waals surface area contributed by atoms with Crippen LogP contribution in [-0.2, 0) is 16.3 Å². The first-order valence-electron chi connectivity index (χ1n) is 8.96. The molecule has 0 spiro atoms. The fourth-order valence-corrected chi connectivity index (χ4v) is 4.32. The van der Waals surface area contributed by atoms with Gasteiger partial charge in [0.05, 0.1) is 21.0 Å². The summed E-state index contributed by atoms with van der Waals surface area (Å²) >= 11 is 0. The molecule has 2 heterocycles. The van der Waals surface area contributed by atoms with Crippen molar-refractivity contribution in [2.24, 2.45) is 0 Å². The van der Waals surface area contributed by atoms with Gasteiger partial charge in [-0.15, -0.1) is 12.4 Å². The van der Waals surface area contributed by atoms with Crippen LogP contribution >= 0.6 is 12.4 Å². The number of benzene rings is 2. The van der Waals surface area contributed by atoms with E-state index in [1.165, 1.54) is 11.8 Å². The van der Waals surface area contributed by atoms with Crippen LogP contribution in [0.5, 0.6) is 0 Å². The summed E-state index contributed by atoms with van der Waals surface area (Å²) in [7, 11) is -3.59. The molecule has 0 aliphatic heterocycles. The standard InChI is InChI=1S/C22H19N3O2S.ClH/c26-28(27,19-6-2-1-3-7-19)20-15-18-5-4-8-21(22(18)25-16-20)24-14-11-17-9-12-23-13-10-17;/h1-10,12-13,15-16,24H,11,14H2;1H. The smallest absolute Gasteiger partial charge is 0.208 e. The Bertz CT molecular complexity index is 1200. The van der Waals surface area contributed by atoms with Gasteiger partial charge in [0.15, 0.2) is 0 Å². The van der Waals surface area contributed by atoms with Gasteiger partial charge in [-0.25, -0.2) is 8.42 Å². The zero-order valence-corrected chi connectivity index (χ0v) is 17.2. The summed E-state index contributed by atoms with van der Waals surface area (Å²) in [6, 6.07) is 19.8. The van der Waals surface area contributed by atoms with Crippen LogP contribution in [0.3, 0.4) is 0 Å². The number of nitrogens with one attached hydrogen (secondary N) is 1. The number of nitrogens with zero attached hydrogens (tertiary/aromatic N) is 2. The molecule has 0 saturated heterocycles. The summed E-state index contributed by atoms with van der Waals surface area (Å²) in [5, 5.41) is 4.18. The fraction of sp³-hybridized carbons (Fsp3) is 0.0909. The summed E-state index contributed by atoms with van der Waals surface area (Å²) in [6.07, 6.45) is 5.85. The van der Waals surface area contributed by atoms with Gasteiger partial charge in [0.1, 0.15) is 0 Å². The van der Waals surface area contributed by atoms with E-state index in [9.17, 15) is 8.42 Å². The van der Waals surface area contributed by atoms with E-state index in [1.54, 1.807) is 48.8 Å². The first-order chi connectivity index (χ1) is 13.6. The maximum absolute atomic E-state index is 12.8. The normalized spacial score (nSPS) is 11.0. The molecule has 0 saturated carbocycles. The molecule has 0 atom stereocenters. The van der Waals surface area contributed by atoms with E-state index < -0.39 is 9.84 Å². The maximum Gasteiger partial charge on any atom is 0.208 e. The molecule has 4 rings (SSSR count). The van der Waals surface area contributed by atoms with Crippen LogP contribution in [0.15, 0.2) is 95.1 Å². The number of rotatable bonds is 6. The van der Waals surface area contributed by atoms with Crippen molar-refractivity contribution in [1.82, 2.24) is 9.97 Å². The second-order valence-corrected chi connectivity index (χ2v) is 8.35. The van der Waals surface area contributed by atoms with Gasteiger partial charge in [0.2, 0.25) is 9.84 Å². The van der Waals surface area contributed by atoms with Gasteiger partial charge < -0.3 is 5.32 Å². The molecule has 0 amide bonds. The predicted molar refractivity (Wildman–Crippen MR) is 117 cm³/mol. The first kappa shape index (κ1) is 20.8. The van der Waals surface area contributed by atoms with E-state index in [4.69, 9.17) is 0 Å². The molecule has 7 heteroatoms. The first-order valence-corrected chi connectivity index (χ1v) is 10.4. The lowest BCUT2D eigenvalue weighted by atomic mass is 10.1. The van der Waals surface area contributed by atoms with E-state index in [-0.39, 0.29) is 22.2 Å². The Balaban J connectivity index is 0.00000240. The van der Waals surface area contributed by atoms with E-state index in [0.29, 0.717) is 0 Å². The molecule has 1 N–H and O–H groups in total. The Morgan fingerprint density at radius 3 is 2.38 bits per heavy atom. The summed E-state index contributed by atoms with van der Waals surface area (Å²) < 4.78 is 25.7. The Morgan fingerprint density at radius 2 is 1.62 bits per heavy atom. The number of anilines is 1. The van der Waals surface area contributed by atoms with Crippen LogP contribution in [0, 0.1) is 0 Å². The maximum atomic E-state index is 12.8. The van der Waals surface area contributed by atoms with Crippen molar-refractivity contribution < 1.29 is 8.42 Å². The lowest BCUT2D eigenvalue weighted by molar-refractivity contribution is 0.596. The van der Waals surface area contributed by atoms with Gasteiger partial charge in [-0.3, -0.25) is 9.97 Å². The van der Waals surface area contributed by atoms with Gasteiger partial charge in [-0.1, -0.05) is 30.3 Å². The number of fused-ring (bicyclic) bond motifs is 1. The number of hydrogen-bond acceptors (Lipinski definition) is 5. The lowest BCUT2D eigenvalue weighted by Crippen LogP contribution is -2.06. The quantitative estimate of drug-likeness (QED) is 0.491. The Hall–Kier alpha value is -2.96. The average Bonchev–Trinajstić information content (AvgIpc) is 2.75. The summed E-state index contributed by atoms with van der Waals surface area (Å²) in [5.74, 6) is 0. The van der Waals surface area contributed by atoms with Crippen LogP contribution < -0.4 is 5.32 Å². The molecule has 2 aromatic carbocycles. The van der Waals surface area contributed by atoms with Crippen molar-refractivity contribution in [3.8, 4) is 0 Å². The minimum Gasteiger partial charge on any atom is -0.383 e. The minimum atomic E-state index is -3.59. The summed E-state index contributed by atoms with van der Waals surface area (Å²) in [5.41, 5.74) is 2.84. The van der Waals surface area contributed by atoms with E-state index in [0.717, 1.165) is 29.6 Å². The third-order valence-corrected chi connectivity index (χ3v) is 6.26. The minimum absolute atomic E-state index is 0. The van der Waals surface area contributed by atoms with Crippen LogP contribution in [0.1, 0.15) is 5.56 Å². The molecule has 0 fully saturated rings. The second-order valence-electron chi connectivity index (χ2n) is 6.40. The Morgan fingerprint density at radius 1 is 0.862 bits per heavy atom. The molecule has 0 aliphatic rings. The molecule has 0 bridgehead atoms. The van der Waals surface area contributed by atoms with Gasteiger partial charge in [-0.2, -0.15) is 0 Å². The van der Waals surface area contributed by atoms with Crippen molar-refractivity contribution in [3.63, 3.8) is 0 Å². The number of aromatic nitrogens is 2. The number of halogens is 1. The van der Waals surface area contributed by atoms with Gasteiger partial charge in [0.25, 0.3) is 0 Å². The highest BCUT2D eigenvalue weighted by Crippen LogP contribution is 2.26. The highest BCUT2D eigenvalue weighted by Gasteiger charge is 2.18. The molecule has 4 aromatic rings. The summed E-state index contributed by atoms with van der Waals surface area (Å²) in [4.78, 5) is 8.93. The van der Waals surface area contributed by atoms with E-state index in [2.05, 4.69) is 15.3 Å². The van der Waals surface area contributed by atoms with Crippen LogP contribution in [-0.4, -0.2) is 24.9 Å². The van der Waals surface area contributed by atoms with Crippen molar-refractivity contribution in [1.29, 1.82) is 0 Å². The number of hydrogen-bond donors (Lipinski definition) is 1. The Labute approximate surface area is 176 Å². The molecule has 0 aliphatic carbocycles. The van der Waals surface area contributed by atoms with Gasteiger partial charge in [-0.05, 0) is 48.4 Å². The Kier molecular flexibility index (Phi) is 6.46. The van der Waals surface area contributed by atoms with Crippen molar-refractivity contribution >= 4 is 38.8 Å². The number of para-hydroxylation sites is 1.